The Hall–Kier alpha value is -1.69. The number of carboxylic acid groups (broad SMARTS) is 1. The Balaban J connectivity index is 1.93. The number of hydrogen-bond donors (Lipinski definition) is 2. The highest BCUT2D eigenvalue weighted by atomic mass is 19.1. The summed E-state index contributed by atoms with van der Waals surface area (Å²) in [4.78, 5) is 10.9. The standard InChI is InChI=1S/C12H13F2NO3/c13-7-3-8(14)5-10(4-7)18-6-11(12(16)17)15-9-1-2-9/h3-5,9,11,15H,1-2,6H2,(H,16,17). The molecule has 2 rings (SSSR count). The summed E-state index contributed by atoms with van der Waals surface area (Å²) in [5.41, 5.74) is 0. The summed E-state index contributed by atoms with van der Waals surface area (Å²) < 4.78 is 30.9. The molecule has 0 bridgehead atoms. The molecule has 0 spiro atoms. The fourth-order valence-electron chi connectivity index (χ4n) is 1.52. The van der Waals surface area contributed by atoms with E-state index in [1.165, 1.54) is 0 Å². The maximum absolute atomic E-state index is 12.9. The van der Waals surface area contributed by atoms with Crippen LogP contribution in [0, 0.1) is 11.6 Å². The van der Waals surface area contributed by atoms with Gasteiger partial charge in [-0.3, -0.25) is 10.1 Å². The van der Waals surface area contributed by atoms with Crippen molar-refractivity contribution in [3.05, 3.63) is 29.8 Å². The van der Waals surface area contributed by atoms with Gasteiger partial charge in [-0.1, -0.05) is 0 Å². The lowest BCUT2D eigenvalue weighted by molar-refractivity contribution is -0.140. The molecular weight excluding hydrogens is 244 g/mol. The SMILES string of the molecule is O=C(O)C(COc1cc(F)cc(F)c1)NC1CC1. The predicted molar refractivity (Wildman–Crippen MR) is 59.4 cm³/mol. The van der Waals surface area contributed by atoms with E-state index >= 15 is 0 Å². The van der Waals surface area contributed by atoms with Crippen LogP contribution in [-0.4, -0.2) is 29.8 Å². The molecule has 6 heteroatoms. The first-order valence-corrected chi connectivity index (χ1v) is 5.62. The van der Waals surface area contributed by atoms with E-state index in [4.69, 9.17) is 9.84 Å². The van der Waals surface area contributed by atoms with Gasteiger partial charge in [0.2, 0.25) is 0 Å². The first-order chi connectivity index (χ1) is 8.54. The summed E-state index contributed by atoms with van der Waals surface area (Å²) in [6, 6.07) is 2.09. The highest BCUT2D eigenvalue weighted by Crippen LogP contribution is 2.20. The molecule has 1 aromatic carbocycles. The number of carbonyl (C=O) groups is 1. The van der Waals surface area contributed by atoms with E-state index in [0.717, 1.165) is 31.0 Å². The zero-order valence-corrected chi connectivity index (χ0v) is 9.53. The zero-order chi connectivity index (χ0) is 13.1. The highest BCUT2D eigenvalue weighted by molar-refractivity contribution is 5.73. The van der Waals surface area contributed by atoms with E-state index in [0.29, 0.717) is 0 Å². The molecule has 0 amide bonds. The predicted octanol–water partition coefficient (Wildman–Crippen LogP) is 1.55. The Bertz CT molecular complexity index is 429. The minimum atomic E-state index is -1.04. The lowest BCUT2D eigenvalue weighted by atomic mass is 10.3. The third kappa shape index (κ3) is 3.66. The molecule has 0 aliphatic heterocycles. The van der Waals surface area contributed by atoms with Crippen LogP contribution in [0.4, 0.5) is 8.78 Å². The number of benzene rings is 1. The molecule has 18 heavy (non-hydrogen) atoms. The van der Waals surface area contributed by atoms with Crippen LogP contribution in [0.1, 0.15) is 12.8 Å². The van der Waals surface area contributed by atoms with Crippen molar-refractivity contribution in [2.24, 2.45) is 0 Å². The number of rotatable bonds is 6. The monoisotopic (exact) mass is 257 g/mol. The van der Waals surface area contributed by atoms with Crippen molar-refractivity contribution in [3.8, 4) is 5.75 Å². The molecule has 1 atom stereocenters. The van der Waals surface area contributed by atoms with Crippen LogP contribution in [0.25, 0.3) is 0 Å². The van der Waals surface area contributed by atoms with Gasteiger partial charge in [0, 0.05) is 24.2 Å². The molecule has 1 fully saturated rings. The lowest BCUT2D eigenvalue weighted by Gasteiger charge is -2.15. The summed E-state index contributed by atoms with van der Waals surface area (Å²) in [7, 11) is 0. The summed E-state index contributed by atoms with van der Waals surface area (Å²) >= 11 is 0. The first-order valence-electron chi connectivity index (χ1n) is 5.62. The normalized spacial score (nSPS) is 16.3. The Morgan fingerprint density at radius 1 is 1.39 bits per heavy atom. The average Bonchev–Trinajstić information content (AvgIpc) is 3.06. The molecule has 1 unspecified atom stereocenters. The smallest absolute Gasteiger partial charge is 0.324 e. The van der Waals surface area contributed by atoms with Gasteiger partial charge in [0.05, 0.1) is 0 Å². The van der Waals surface area contributed by atoms with Crippen LogP contribution < -0.4 is 10.1 Å². The van der Waals surface area contributed by atoms with Crippen LogP contribution in [-0.2, 0) is 4.79 Å². The van der Waals surface area contributed by atoms with Crippen molar-refractivity contribution >= 4 is 5.97 Å². The molecule has 98 valence electrons. The lowest BCUT2D eigenvalue weighted by Crippen LogP contribution is -2.42. The van der Waals surface area contributed by atoms with Crippen LogP contribution >= 0.6 is 0 Å². The number of aliphatic carboxylic acids is 1. The molecule has 0 aromatic heterocycles. The average molecular weight is 257 g/mol. The molecule has 0 heterocycles. The summed E-state index contributed by atoms with van der Waals surface area (Å²) in [5.74, 6) is -2.57. The van der Waals surface area contributed by atoms with Gasteiger partial charge in [-0.25, -0.2) is 8.78 Å². The molecule has 0 radical (unpaired) electrons. The Labute approximate surface area is 103 Å². The van der Waals surface area contributed by atoms with Gasteiger partial charge >= 0.3 is 5.97 Å². The van der Waals surface area contributed by atoms with Gasteiger partial charge in [-0.05, 0) is 12.8 Å². The third-order valence-corrected chi connectivity index (χ3v) is 2.57. The molecule has 2 N–H and O–H groups in total. The zero-order valence-electron chi connectivity index (χ0n) is 9.53. The maximum atomic E-state index is 12.9. The molecule has 4 nitrogen and oxygen atoms in total. The fraction of sp³-hybridized carbons (Fsp3) is 0.417. The second-order valence-electron chi connectivity index (χ2n) is 4.25. The van der Waals surface area contributed by atoms with Crippen molar-refractivity contribution in [1.82, 2.24) is 5.32 Å². The van der Waals surface area contributed by atoms with Gasteiger partial charge in [-0.2, -0.15) is 0 Å². The van der Waals surface area contributed by atoms with E-state index in [1.54, 1.807) is 0 Å². The second kappa shape index (κ2) is 5.30. The topological polar surface area (TPSA) is 58.6 Å². The number of halogens is 2. The summed E-state index contributed by atoms with van der Waals surface area (Å²) in [6.45, 7) is -0.172. The Morgan fingerprint density at radius 2 is 2.00 bits per heavy atom. The fourth-order valence-corrected chi connectivity index (χ4v) is 1.52. The Morgan fingerprint density at radius 3 is 2.50 bits per heavy atom. The van der Waals surface area contributed by atoms with Gasteiger partial charge in [0.25, 0.3) is 0 Å². The molecule has 1 aliphatic rings. The van der Waals surface area contributed by atoms with E-state index in [-0.39, 0.29) is 18.4 Å². The summed E-state index contributed by atoms with van der Waals surface area (Å²) in [5, 5.41) is 11.8. The van der Waals surface area contributed by atoms with E-state index in [9.17, 15) is 13.6 Å². The van der Waals surface area contributed by atoms with E-state index < -0.39 is 23.6 Å². The number of ether oxygens (including phenoxy) is 1. The third-order valence-electron chi connectivity index (χ3n) is 2.57. The molecule has 1 saturated carbocycles. The van der Waals surface area contributed by atoms with E-state index in [1.807, 2.05) is 0 Å². The van der Waals surface area contributed by atoms with Gasteiger partial charge in [0.1, 0.15) is 30.0 Å². The molecule has 1 aromatic rings. The van der Waals surface area contributed by atoms with E-state index in [2.05, 4.69) is 5.32 Å². The number of hydrogen-bond acceptors (Lipinski definition) is 3. The summed E-state index contributed by atoms with van der Waals surface area (Å²) in [6.07, 6.45) is 1.89. The van der Waals surface area contributed by atoms with Gasteiger partial charge < -0.3 is 9.84 Å². The van der Waals surface area contributed by atoms with Crippen LogP contribution in [0.2, 0.25) is 0 Å². The van der Waals surface area contributed by atoms with Gasteiger partial charge in [0.15, 0.2) is 0 Å². The quantitative estimate of drug-likeness (QED) is 0.811. The number of carboxylic acids is 1. The maximum Gasteiger partial charge on any atom is 0.324 e. The van der Waals surface area contributed by atoms with Crippen molar-refractivity contribution in [2.75, 3.05) is 6.61 Å². The molecule has 1 aliphatic carbocycles. The van der Waals surface area contributed by atoms with Crippen LogP contribution in [0.5, 0.6) is 5.75 Å². The molecule has 0 saturated heterocycles. The minimum absolute atomic E-state index is 0.0173. The number of nitrogens with one attached hydrogen (secondary N) is 1. The minimum Gasteiger partial charge on any atom is -0.491 e. The van der Waals surface area contributed by atoms with Crippen molar-refractivity contribution in [2.45, 2.75) is 24.9 Å². The first kappa shape index (κ1) is 12.8. The largest absolute Gasteiger partial charge is 0.491 e. The molecular formula is C12H13F2NO3. The van der Waals surface area contributed by atoms with Crippen molar-refractivity contribution in [3.63, 3.8) is 0 Å². The van der Waals surface area contributed by atoms with Crippen LogP contribution in [0.3, 0.4) is 0 Å². The highest BCUT2D eigenvalue weighted by Gasteiger charge is 2.28. The van der Waals surface area contributed by atoms with Gasteiger partial charge in [-0.15, -0.1) is 0 Å². The van der Waals surface area contributed by atoms with Crippen molar-refractivity contribution < 1.29 is 23.4 Å². The second-order valence-corrected chi connectivity index (χ2v) is 4.25. The van der Waals surface area contributed by atoms with Crippen LogP contribution in [0.15, 0.2) is 18.2 Å². The van der Waals surface area contributed by atoms with Crippen molar-refractivity contribution in [1.29, 1.82) is 0 Å². The Kier molecular flexibility index (Phi) is 3.76.